The standard InChI is InChI=1S/C8H17FO2S/c1-2-3-4-5-6-7-8-12(10)11-9/h2-8H2,1H3. The molecule has 0 N–H and O–H groups in total. The van der Waals surface area contributed by atoms with Gasteiger partial charge in [-0.1, -0.05) is 43.4 Å². The van der Waals surface area contributed by atoms with Gasteiger partial charge in [0.1, 0.15) is 0 Å². The van der Waals surface area contributed by atoms with E-state index in [-0.39, 0.29) is 0 Å². The molecule has 0 amide bonds. The van der Waals surface area contributed by atoms with Crippen molar-refractivity contribution in [1.82, 2.24) is 0 Å². The molecule has 0 aromatic rings. The van der Waals surface area contributed by atoms with E-state index in [9.17, 15) is 8.74 Å². The molecule has 0 aliphatic rings. The van der Waals surface area contributed by atoms with Crippen molar-refractivity contribution in [2.24, 2.45) is 0 Å². The topological polar surface area (TPSA) is 26.3 Å². The Morgan fingerprint density at radius 1 is 1.17 bits per heavy atom. The van der Waals surface area contributed by atoms with Gasteiger partial charge in [0.2, 0.25) is 0 Å². The Morgan fingerprint density at radius 3 is 2.33 bits per heavy atom. The summed E-state index contributed by atoms with van der Waals surface area (Å²) in [5.74, 6) is 0.322. The van der Waals surface area contributed by atoms with Gasteiger partial charge in [-0.3, -0.25) is 0 Å². The van der Waals surface area contributed by atoms with Crippen LogP contribution in [0.15, 0.2) is 0 Å². The molecule has 0 rings (SSSR count). The highest BCUT2D eigenvalue weighted by molar-refractivity contribution is 7.80. The van der Waals surface area contributed by atoms with Gasteiger partial charge in [0, 0.05) is 0 Å². The Labute approximate surface area is 76.1 Å². The first-order valence-corrected chi connectivity index (χ1v) is 5.73. The fourth-order valence-electron chi connectivity index (χ4n) is 1.03. The fourth-order valence-corrected chi connectivity index (χ4v) is 1.53. The van der Waals surface area contributed by atoms with Gasteiger partial charge in [0.15, 0.2) is 11.1 Å². The molecular formula is C8H17FO2S. The van der Waals surface area contributed by atoms with Crippen LogP contribution < -0.4 is 0 Å². The molecular weight excluding hydrogens is 179 g/mol. The summed E-state index contributed by atoms with van der Waals surface area (Å²) in [7, 11) is 0. The van der Waals surface area contributed by atoms with Crippen LogP contribution in [-0.2, 0) is 15.5 Å². The second kappa shape index (κ2) is 9.13. The van der Waals surface area contributed by atoms with Crippen LogP contribution in [0.2, 0.25) is 0 Å². The molecule has 2 nitrogen and oxygen atoms in total. The first-order chi connectivity index (χ1) is 5.81. The minimum Gasteiger partial charge on any atom is -0.227 e. The molecule has 12 heavy (non-hydrogen) atoms. The summed E-state index contributed by atoms with van der Waals surface area (Å²) in [6.45, 7) is 2.16. The van der Waals surface area contributed by atoms with Gasteiger partial charge in [-0.2, -0.15) is 0 Å². The van der Waals surface area contributed by atoms with Crippen LogP contribution in [0.25, 0.3) is 0 Å². The molecule has 0 radical (unpaired) electrons. The maximum atomic E-state index is 11.2. The van der Waals surface area contributed by atoms with Crippen molar-refractivity contribution in [3.05, 3.63) is 0 Å². The molecule has 0 aromatic carbocycles. The van der Waals surface area contributed by atoms with Crippen molar-refractivity contribution >= 4 is 11.1 Å². The van der Waals surface area contributed by atoms with E-state index in [0.29, 0.717) is 5.75 Å². The normalized spacial score (nSPS) is 13.2. The summed E-state index contributed by atoms with van der Waals surface area (Å²) in [5, 5.41) is 0. The van der Waals surface area contributed by atoms with E-state index < -0.39 is 11.1 Å². The Kier molecular flexibility index (Phi) is 9.16. The molecule has 74 valence electrons. The van der Waals surface area contributed by atoms with Gasteiger partial charge in [-0.15, -0.1) is 0 Å². The van der Waals surface area contributed by atoms with Crippen LogP contribution in [-0.4, -0.2) is 9.96 Å². The lowest BCUT2D eigenvalue weighted by atomic mass is 10.1. The summed E-state index contributed by atoms with van der Waals surface area (Å²) in [6, 6.07) is 0. The highest BCUT2D eigenvalue weighted by atomic mass is 32.2. The van der Waals surface area contributed by atoms with E-state index in [0.717, 1.165) is 19.3 Å². The summed E-state index contributed by atoms with van der Waals surface area (Å²) < 4.78 is 24.8. The molecule has 0 aliphatic heterocycles. The average molecular weight is 196 g/mol. The van der Waals surface area contributed by atoms with Crippen LogP contribution in [0.5, 0.6) is 0 Å². The quantitative estimate of drug-likeness (QED) is 0.558. The third-order valence-corrected chi connectivity index (χ3v) is 2.50. The molecule has 0 spiro atoms. The van der Waals surface area contributed by atoms with Crippen LogP contribution in [0, 0.1) is 0 Å². The van der Waals surface area contributed by atoms with Gasteiger partial charge in [0.05, 0.1) is 5.75 Å². The monoisotopic (exact) mass is 196 g/mol. The summed E-state index contributed by atoms with van der Waals surface area (Å²) in [6.07, 6.45) is 6.66. The van der Waals surface area contributed by atoms with E-state index in [2.05, 4.69) is 11.3 Å². The molecule has 1 atom stereocenters. The summed E-state index contributed by atoms with van der Waals surface area (Å²) in [4.78, 5) is 0. The van der Waals surface area contributed by atoms with Gasteiger partial charge in [-0.25, -0.2) is 4.21 Å². The van der Waals surface area contributed by atoms with Crippen molar-refractivity contribution in [3.8, 4) is 0 Å². The first kappa shape index (κ1) is 12.0. The highest BCUT2D eigenvalue weighted by Gasteiger charge is 1.98. The van der Waals surface area contributed by atoms with Gasteiger partial charge in [0.25, 0.3) is 0 Å². The van der Waals surface area contributed by atoms with Crippen molar-refractivity contribution < 1.29 is 13.1 Å². The predicted octanol–water partition coefficient (Wildman–Crippen LogP) is 2.91. The highest BCUT2D eigenvalue weighted by Crippen LogP contribution is 2.05. The first-order valence-electron chi connectivity index (χ1n) is 4.48. The smallest absolute Gasteiger partial charge is 0.192 e. The molecule has 0 aliphatic carbocycles. The zero-order valence-electron chi connectivity index (χ0n) is 7.55. The van der Waals surface area contributed by atoms with Gasteiger partial charge >= 0.3 is 0 Å². The Balaban J connectivity index is 2.95. The second-order valence-corrected chi connectivity index (χ2v) is 3.98. The SMILES string of the molecule is CCCCCCCCS(=O)OF. The second-order valence-electron chi connectivity index (χ2n) is 2.84. The molecule has 4 heteroatoms. The zero-order valence-corrected chi connectivity index (χ0v) is 8.37. The maximum absolute atomic E-state index is 11.2. The Morgan fingerprint density at radius 2 is 1.75 bits per heavy atom. The summed E-state index contributed by atoms with van der Waals surface area (Å²) >= 11 is -1.70. The van der Waals surface area contributed by atoms with E-state index in [1.165, 1.54) is 19.3 Å². The van der Waals surface area contributed by atoms with E-state index >= 15 is 0 Å². The molecule has 0 saturated carbocycles. The minimum absolute atomic E-state index is 0.322. The molecule has 0 aromatic heterocycles. The molecule has 0 bridgehead atoms. The summed E-state index contributed by atoms with van der Waals surface area (Å²) in [5.41, 5.74) is 0. The van der Waals surface area contributed by atoms with E-state index in [1.54, 1.807) is 0 Å². The van der Waals surface area contributed by atoms with Crippen molar-refractivity contribution in [2.75, 3.05) is 5.75 Å². The van der Waals surface area contributed by atoms with Crippen LogP contribution in [0.4, 0.5) is 4.53 Å². The van der Waals surface area contributed by atoms with Crippen LogP contribution in [0.3, 0.4) is 0 Å². The van der Waals surface area contributed by atoms with E-state index in [1.807, 2.05) is 0 Å². The molecule has 0 fully saturated rings. The maximum Gasteiger partial charge on any atom is 0.192 e. The average Bonchev–Trinajstić information content (AvgIpc) is 2.10. The number of hydrogen-bond donors (Lipinski definition) is 0. The van der Waals surface area contributed by atoms with E-state index in [4.69, 9.17) is 0 Å². The zero-order chi connectivity index (χ0) is 9.23. The van der Waals surface area contributed by atoms with Crippen molar-refractivity contribution in [2.45, 2.75) is 45.4 Å². The Bertz CT molecular complexity index is 120. The van der Waals surface area contributed by atoms with Crippen LogP contribution >= 0.6 is 0 Å². The van der Waals surface area contributed by atoms with Crippen molar-refractivity contribution in [3.63, 3.8) is 0 Å². The lowest BCUT2D eigenvalue weighted by molar-refractivity contribution is 0.0125. The lowest BCUT2D eigenvalue weighted by Gasteiger charge is -1.97. The predicted molar refractivity (Wildman–Crippen MR) is 48.6 cm³/mol. The van der Waals surface area contributed by atoms with Gasteiger partial charge in [-0.05, 0) is 10.9 Å². The van der Waals surface area contributed by atoms with Crippen molar-refractivity contribution in [1.29, 1.82) is 0 Å². The Hall–Kier alpha value is 0.0400. The third kappa shape index (κ3) is 8.14. The fraction of sp³-hybridized carbons (Fsp3) is 1.00. The third-order valence-electron chi connectivity index (χ3n) is 1.73. The minimum atomic E-state index is -1.70. The largest absolute Gasteiger partial charge is 0.227 e. The number of halogens is 1. The van der Waals surface area contributed by atoms with Crippen LogP contribution in [0.1, 0.15) is 45.4 Å². The number of rotatable bonds is 8. The molecule has 1 unspecified atom stereocenters. The molecule has 0 saturated heterocycles. The van der Waals surface area contributed by atoms with Gasteiger partial charge < -0.3 is 0 Å². The number of hydrogen-bond acceptors (Lipinski definition) is 2. The molecule has 0 heterocycles. The lowest BCUT2D eigenvalue weighted by Crippen LogP contribution is -1.96. The number of unbranched alkanes of at least 4 members (excludes halogenated alkanes) is 5.